The molecule has 7 nitrogen and oxygen atoms in total. The molecule has 0 saturated heterocycles. The first-order chi connectivity index (χ1) is 13.6. The molecule has 0 radical (unpaired) electrons. The zero-order valence-corrected chi connectivity index (χ0v) is 15.5. The highest BCUT2D eigenvalue weighted by Crippen LogP contribution is 2.29. The van der Waals surface area contributed by atoms with E-state index < -0.39 is 5.91 Å². The predicted octanol–water partition coefficient (Wildman–Crippen LogP) is 3.48. The van der Waals surface area contributed by atoms with Crippen LogP contribution in [0.25, 0.3) is 0 Å². The van der Waals surface area contributed by atoms with Gasteiger partial charge < -0.3 is 24.5 Å². The van der Waals surface area contributed by atoms with Gasteiger partial charge in [-0.1, -0.05) is 18.2 Å². The van der Waals surface area contributed by atoms with Crippen LogP contribution in [0.1, 0.15) is 26.5 Å². The standard InChI is InChI=1S/C21H20N2O5/c1-26-17-10-5-11-18(27-2)19(17)21(25)23-16-9-4-3-8-15(16)20(24)22-13-14-7-6-12-28-14/h3-12H,13H2,1-2H3,(H,22,24)(H,23,25). The van der Waals surface area contributed by atoms with Crippen LogP contribution in [0.4, 0.5) is 5.69 Å². The van der Waals surface area contributed by atoms with Gasteiger partial charge in [-0.05, 0) is 36.4 Å². The molecule has 3 aromatic rings. The van der Waals surface area contributed by atoms with Crippen molar-refractivity contribution in [3.63, 3.8) is 0 Å². The summed E-state index contributed by atoms with van der Waals surface area (Å²) in [6.07, 6.45) is 1.54. The quantitative estimate of drug-likeness (QED) is 0.655. The zero-order chi connectivity index (χ0) is 19.9. The fourth-order valence-electron chi connectivity index (χ4n) is 2.73. The van der Waals surface area contributed by atoms with Gasteiger partial charge in [0.25, 0.3) is 11.8 Å². The summed E-state index contributed by atoms with van der Waals surface area (Å²) in [5, 5.41) is 5.53. The highest BCUT2D eigenvalue weighted by atomic mass is 16.5. The number of benzene rings is 2. The first-order valence-corrected chi connectivity index (χ1v) is 8.56. The van der Waals surface area contributed by atoms with Gasteiger partial charge in [0.05, 0.1) is 38.3 Å². The Morgan fingerprint density at radius 2 is 1.61 bits per heavy atom. The summed E-state index contributed by atoms with van der Waals surface area (Å²) in [6.45, 7) is 0.244. The van der Waals surface area contributed by atoms with E-state index in [-0.39, 0.29) is 18.0 Å². The molecule has 0 aliphatic heterocycles. The number of hydrogen-bond donors (Lipinski definition) is 2. The second kappa shape index (κ2) is 8.77. The minimum Gasteiger partial charge on any atom is -0.496 e. The van der Waals surface area contributed by atoms with Crippen molar-refractivity contribution in [3.05, 3.63) is 77.7 Å². The number of methoxy groups -OCH3 is 2. The second-order valence-corrected chi connectivity index (χ2v) is 5.80. The molecule has 2 aromatic carbocycles. The lowest BCUT2D eigenvalue weighted by Gasteiger charge is -2.15. The van der Waals surface area contributed by atoms with Gasteiger partial charge in [-0.15, -0.1) is 0 Å². The number of nitrogens with one attached hydrogen (secondary N) is 2. The van der Waals surface area contributed by atoms with Gasteiger partial charge in [-0.3, -0.25) is 9.59 Å². The molecule has 1 aromatic heterocycles. The Morgan fingerprint density at radius 3 is 2.25 bits per heavy atom. The number of rotatable bonds is 7. The van der Waals surface area contributed by atoms with E-state index >= 15 is 0 Å². The number of ether oxygens (including phenoxy) is 2. The molecular formula is C21H20N2O5. The predicted molar refractivity (Wildman–Crippen MR) is 104 cm³/mol. The van der Waals surface area contributed by atoms with Gasteiger partial charge in [0.15, 0.2) is 0 Å². The van der Waals surface area contributed by atoms with Gasteiger partial charge in [0.1, 0.15) is 22.8 Å². The first kappa shape index (κ1) is 19.0. The van der Waals surface area contributed by atoms with Crippen molar-refractivity contribution in [1.29, 1.82) is 0 Å². The molecule has 144 valence electrons. The van der Waals surface area contributed by atoms with Crippen molar-refractivity contribution in [1.82, 2.24) is 5.32 Å². The Morgan fingerprint density at radius 1 is 0.893 bits per heavy atom. The number of carbonyl (C=O) groups is 2. The molecule has 2 N–H and O–H groups in total. The first-order valence-electron chi connectivity index (χ1n) is 8.56. The van der Waals surface area contributed by atoms with E-state index in [1.54, 1.807) is 54.6 Å². The third kappa shape index (κ3) is 4.15. The SMILES string of the molecule is COc1cccc(OC)c1C(=O)Nc1ccccc1C(=O)NCc1ccco1. The fraction of sp³-hybridized carbons (Fsp3) is 0.143. The van der Waals surface area contributed by atoms with Gasteiger partial charge in [0.2, 0.25) is 0 Å². The number of carbonyl (C=O) groups excluding carboxylic acids is 2. The van der Waals surface area contributed by atoms with E-state index in [1.807, 2.05) is 0 Å². The third-order valence-corrected chi connectivity index (χ3v) is 4.08. The number of anilines is 1. The lowest BCUT2D eigenvalue weighted by molar-refractivity contribution is 0.0949. The minimum atomic E-state index is -0.444. The molecule has 3 rings (SSSR count). The normalized spacial score (nSPS) is 10.2. The molecule has 1 heterocycles. The molecule has 0 bridgehead atoms. The molecule has 2 amide bonds. The smallest absolute Gasteiger partial charge is 0.263 e. The summed E-state index contributed by atoms with van der Waals surface area (Å²) in [4.78, 5) is 25.4. The summed E-state index contributed by atoms with van der Waals surface area (Å²) in [5.41, 5.74) is 0.951. The van der Waals surface area contributed by atoms with Gasteiger partial charge in [0, 0.05) is 0 Å². The number of furan rings is 1. The lowest BCUT2D eigenvalue weighted by Crippen LogP contribution is -2.25. The van der Waals surface area contributed by atoms with E-state index in [2.05, 4.69) is 10.6 Å². The average Bonchev–Trinajstić information content (AvgIpc) is 3.25. The van der Waals surface area contributed by atoms with Crippen molar-refractivity contribution in [2.24, 2.45) is 0 Å². The average molecular weight is 380 g/mol. The largest absolute Gasteiger partial charge is 0.496 e. The monoisotopic (exact) mass is 380 g/mol. The molecule has 0 unspecified atom stereocenters. The molecule has 0 spiro atoms. The maximum atomic E-state index is 12.9. The van der Waals surface area contributed by atoms with E-state index in [0.29, 0.717) is 28.5 Å². The van der Waals surface area contributed by atoms with Crippen molar-refractivity contribution < 1.29 is 23.5 Å². The van der Waals surface area contributed by atoms with Gasteiger partial charge >= 0.3 is 0 Å². The summed E-state index contributed by atoms with van der Waals surface area (Å²) >= 11 is 0. The molecule has 7 heteroatoms. The van der Waals surface area contributed by atoms with E-state index in [4.69, 9.17) is 13.9 Å². The maximum absolute atomic E-state index is 12.9. The summed E-state index contributed by atoms with van der Waals surface area (Å²) in [5.74, 6) is 0.599. The van der Waals surface area contributed by atoms with Crippen LogP contribution in [0.3, 0.4) is 0 Å². The van der Waals surface area contributed by atoms with Crippen LogP contribution in [-0.2, 0) is 6.54 Å². The topological polar surface area (TPSA) is 89.8 Å². The van der Waals surface area contributed by atoms with E-state index in [1.165, 1.54) is 20.5 Å². The summed E-state index contributed by atoms with van der Waals surface area (Å²) in [7, 11) is 2.95. The Balaban J connectivity index is 1.82. The maximum Gasteiger partial charge on any atom is 0.263 e. The number of amides is 2. The van der Waals surface area contributed by atoms with E-state index in [9.17, 15) is 9.59 Å². The van der Waals surface area contributed by atoms with Crippen molar-refractivity contribution in [2.75, 3.05) is 19.5 Å². The second-order valence-electron chi connectivity index (χ2n) is 5.80. The van der Waals surface area contributed by atoms with Crippen LogP contribution in [-0.4, -0.2) is 26.0 Å². The van der Waals surface area contributed by atoms with Crippen molar-refractivity contribution >= 4 is 17.5 Å². The zero-order valence-electron chi connectivity index (χ0n) is 15.5. The molecule has 0 atom stereocenters. The van der Waals surface area contributed by atoms with Crippen molar-refractivity contribution in [3.8, 4) is 11.5 Å². The van der Waals surface area contributed by atoms with Crippen molar-refractivity contribution in [2.45, 2.75) is 6.54 Å². The minimum absolute atomic E-state index is 0.244. The van der Waals surface area contributed by atoms with Gasteiger partial charge in [-0.2, -0.15) is 0 Å². The molecule has 0 aliphatic carbocycles. The summed E-state index contributed by atoms with van der Waals surface area (Å²) in [6, 6.07) is 15.3. The number of para-hydroxylation sites is 1. The Labute approximate surface area is 162 Å². The van der Waals surface area contributed by atoms with E-state index in [0.717, 1.165) is 0 Å². The molecule has 0 fully saturated rings. The number of hydrogen-bond acceptors (Lipinski definition) is 5. The summed E-state index contributed by atoms with van der Waals surface area (Å²) < 4.78 is 15.8. The molecule has 28 heavy (non-hydrogen) atoms. The lowest BCUT2D eigenvalue weighted by atomic mass is 10.1. The fourth-order valence-corrected chi connectivity index (χ4v) is 2.73. The molecule has 0 aliphatic rings. The van der Waals surface area contributed by atoms with Crippen LogP contribution in [0.5, 0.6) is 11.5 Å². The highest BCUT2D eigenvalue weighted by molar-refractivity contribution is 6.11. The molecule has 0 saturated carbocycles. The van der Waals surface area contributed by atoms with Crippen LogP contribution >= 0.6 is 0 Å². The van der Waals surface area contributed by atoms with Crippen LogP contribution in [0.2, 0.25) is 0 Å². The third-order valence-electron chi connectivity index (χ3n) is 4.08. The van der Waals surface area contributed by atoms with Gasteiger partial charge in [-0.25, -0.2) is 0 Å². The van der Waals surface area contributed by atoms with Crippen LogP contribution in [0.15, 0.2) is 65.3 Å². The van der Waals surface area contributed by atoms with Crippen LogP contribution in [0, 0.1) is 0 Å². The molecular weight excluding hydrogens is 360 g/mol. The van der Waals surface area contributed by atoms with Crippen LogP contribution < -0.4 is 20.1 Å². The Hall–Kier alpha value is -3.74. The Bertz CT molecular complexity index is 944. The highest BCUT2D eigenvalue weighted by Gasteiger charge is 2.20. The Kier molecular flexibility index (Phi) is 5.96.